The van der Waals surface area contributed by atoms with Crippen LogP contribution in [0.1, 0.15) is 22.4 Å². The molecule has 3 aromatic heterocycles. The normalized spacial score (nSPS) is 11.2. The molecule has 0 unspecified atom stereocenters. The summed E-state index contributed by atoms with van der Waals surface area (Å²) in [5.41, 5.74) is 10.5. The smallest absolute Gasteiger partial charge is 0.223 e. The molecule has 0 aliphatic rings. The van der Waals surface area contributed by atoms with E-state index in [-0.39, 0.29) is 5.95 Å². The molecule has 0 saturated carbocycles. The molecule has 0 saturated heterocycles. The highest BCUT2D eigenvalue weighted by atomic mass is 35.5. The Labute approximate surface area is 139 Å². The fraction of sp³-hybridized carbons (Fsp3) is 0.312. The number of aryl methyl sites for hydroxylation is 2. The van der Waals surface area contributed by atoms with E-state index in [9.17, 15) is 0 Å². The van der Waals surface area contributed by atoms with Crippen LogP contribution in [0, 0.1) is 20.8 Å². The van der Waals surface area contributed by atoms with Crippen LogP contribution in [-0.2, 0) is 6.54 Å². The van der Waals surface area contributed by atoms with Crippen LogP contribution in [0.25, 0.3) is 11.0 Å². The molecule has 0 aliphatic heterocycles. The number of fused-ring (bicyclic) bond motifs is 1. The third-order valence-electron chi connectivity index (χ3n) is 3.99. The Morgan fingerprint density at radius 1 is 1.26 bits per heavy atom. The van der Waals surface area contributed by atoms with E-state index in [0.29, 0.717) is 11.7 Å². The van der Waals surface area contributed by atoms with Crippen LogP contribution in [0.4, 0.5) is 5.95 Å². The molecule has 23 heavy (non-hydrogen) atoms. The van der Waals surface area contributed by atoms with Gasteiger partial charge in [0, 0.05) is 12.4 Å². The maximum absolute atomic E-state index is 6.21. The summed E-state index contributed by atoms with van der Waals surface area (Å²) in [4.78, 5) is 12.8. The minimum Gasteiger partial charge on any atom is -0.495 e. The van der Waals surface area contributed by atoms with E-state index < -0.39 is 0 Å². The van der Waals surface area contributed by atoms with Gasteiger partial charge in [-0.3, -0.25) is 4.98 Å². The van der Waals surface area contributed by atoms with Gasteiger partial charge in [-0.15, -0.1) is 0 Å². The molecule has 0 atom stereocenters. The van der Waals surface area contributed by atoms with Crippen LogP contribution in [-0.4, -0.2) is 26.6 Å². The summed E-state index contributed by atoms with van der Waals surface area (Å²) in [5, 5.41) is 1.20. The molecule has 0 bridgehead atoms. The molecule has 0 radical (unpaired) electrons. The van der Waals surface area contributed by atoms with Gasteiger partial charge in [-0.2, -0.15) is 4.98 Å². The molecule has 2 N–H and O–H groups in total. The van der Waals surface area contributed by atoms with E-state index in [0.717, 1.165) is 39.2 Å². The fourth-order valence-electron chi connectivity index (χ4n) is 2.86. The maximum atomic E-state index is 6.21. The van der Waals surface area contributed by atoms with Crippen molar-refractivity contribution >= 4 is 28.6 Å². The molecule has 3 rings (SSSR count). The number of rotatable bonds is 3. The quantitative estimate of drug-likeness (QED) is 0.746. The number of hydrogen-bond donors (Lipinski definition) is 1. The monoisotopic (exact) mass is 331 g/mol. The lowest BCUT2D eigenvalue weighted by Gasteiger charge is -2.13. The molecule has 7 heteroatoms. The first-order chi connectivity index (χ1) is 10.9. The largest absolute Gasteiger partial charge is 0.495 e. The summed E-state index contributed by atoms with van der Waals surface area (Å²) in [5.74, 6) is 0.973. The van der Waals surface area contributed by atoms with Crippen molar-refractivity contribution in [3.05, 3.63) is 39.9 Å². The summed E-state index contributed by atoms with van der Waals surface area (Å²) < 4.78 is 7.45. The van der Waals surface area contributed by atoms with Gasteiger partial charge in [0.15, 0.2) is 0 Å². The predicted molar refractivity (Wildman–Crippen MR) is 91.1 cm³/mol. The Hall–Kier alpha value is -2.34. The lowest BCUT2D eigenvalue weighted by molar-refractivity contribution is 0.405. The molecule has 0 fully saturated rings. The second kappa shape index (κ2) is 5.70. The van der Waals surface area contributed by atoms with E-state index in [4.69, 9.17) is 22.1 Å². The highest BCUT2D eigenvalue weighted by Crippen LogP contribution is 2.29. The standard InChI is InChI=1S/C16H18ClN5O/c1-8-6-22(15-12(8)14(17)20-16(18)21-15)7-11-5-19-10(3)13(23-4)9(11)2/h5-6H,7H2,1-4H3,(H2,18,20,21). The number of methoxy groups -OCH3 is 1. The van der Waals surface area contributed by atoms with Crippen LogP contribution in [0.3, 0.4) is 0 Å². The number of hydrogen-bond acceptors (Lipinski definition) is 5. The van der Waals surface area contributed by atoms with Crippen molar-refractivity contribution in [1.29, 1.82) is 0 Å². The average Bonchev–Trinajstić information content (AvgIpc) is 2.79. The summed E-state index contributed by atoms with van der Waals surface area (Å²) >= 11 is 6.21. The highest BCUT2D eigenvalue weighted by molar-refractivity contribution is 6.34. The van der Waals surface area contributed by atoms with E-state index in [1.807, 2.05) is 37.7 Å². The van der Waals surface area contributed by atoms with Gasteiger partial charge >= 0.3 is 0 Å². The van der Waals surface area contributed by atoms with Crippen molar-refractivity contribution in [2.45, 2.75) is 27.3 Å². The van der Waals surface area contributed by atoms with Crippen LogP contribution < -0.4 is 10.5 Å². The second-order valence-electron chi connectivity index (χ2n) is 5.54. The summed E-state index contributed by atoms with van der Waals surface area (Å²) in [6.45, 7) is 6.54. The topological polar surface area (TPSA) is 78.8 Å². The first kappa shape index (κ1) is 15.6. The first-order valence-electron chi connectivity index (χ1n) is 7.20. The minimum absolute atomic E-state index is 0.165. The van der Waals surface area contributed by atoms with Gasteiger partial charge in [0.25, 0.3) is 0 Å². The summed E-state index contributed by atoms with van der Waals surface area (Å²) in [6, 6.07) is 0. The number of anilines is 1. The molecule has 0 spiro atoms. The van der Waals surface area contributed by atoms with Crippen LogP contribution in [0.15, 0.2) is 12.4 Å². The van der Waals surface area contributed by atoms with Crippen molar-refractivity contribution in [3.63, 3.8) is 0 Å². The van der Waals surface area contributed by atoms with Crippen LogP contribution in [0.5, 0.6) is 5.75 Å². The van der Waals surface area contributed by atoms with Crippen molar-refractivity contribution < 1.29 is 4.74 Å². The van der Waals surface area contributed by atoms with Crippen molar-refractivity contribution in [3.8, 4) is 5.75 Å². The zero-order chi connectivity index (χ0) is 16.7. The Morgan fingerprint density at radius 2 is 2.00 bits per heavy atom. The van der Waals surface area contributed by atoms with Gasteiger partial charge in [0.1, 0.15) is 16.5 Å². The van der Waals surface area contributed by atoms with Gasteiger partial charge in [-0.05, 0) is 37.5 Å². The molecule has 120 valence electrons. The van der Waals surface area contributed by atoms with E-state index in [2.05, 4.69) is 15.0 Å². The van der Waals surface area contributed by atoms with Gasteiger partial charge < -0.3 is 15.0 Å². The lowest BCUT2D eigenvalue weighted by atomic mass is 10.1. The average molecular weight is 332 g/mol. The van der Waals surface area contributed by atoms with Gasteiger partial charge in [0.05, 0.1) is 24.7 Å². The fourth-order valence-corrected chi connectivity index (χ4v) is 3.18. The Morgan fingerprint density at radius 3 is 2.70 bits per heavy atom. The maximum Gasteiger partial charge on any atom is 0.223 e. The predicted octanol–water partition coefficient (Wildman–Crippen LogP) is 3.04. The molecule has 3 heterocycles. The summed E-state index contributed by atoms with van der Waals surface area (Å²) in [6.07, 6.45) is 3.86. The van der Waals surface area contributed by atoms with Gasteiger partial charge in [0.2, 0.25) is 5.95 Å². The van der Waals surface area contributed by atoms with E-state index in [1.165, 1.54) is 0 Å². The zero-order valence-electron chi connectivity index (χ0n) is 13.5. The lowest BCUT2D eigenvalue weighted by Crippen LogP contribution is -2.06. The third-order valence-corrected chi connectivity index (χ3v) is 4.26. The van der Waals surface area contributed by atoms with E-state index >= 15 is 0 Å². The van der Waals surface area contributed by atoms with Crippen molar-refractivity contribution in [2.24, 2.45) is 0 Å². The van der Waals surface area contributed by atoms with Crippen molar-refractivity contribution in [1.82, 2.24) is 19.5 Å². The van der Waals surface area contributed by atoms with Crippen molar-refractivity contribution in [2.75, 3.05) is 12.8 Å². The van der Waals surface area contributed by atoms with Gasteiger partial charge in [-0.1, -0.05) is 11.6 Å². The number of nitrogen functional groups attached to an aromatic ring is 1. The zero-order valence-corrected chi connectivity index (χ0v) is 14.3. The molecule has 0 amide bonds. The molecule has 0 aromatic carbocycles. The van der Waals surface area contributed by atoms with Gasteiger partial charge in [-0.25, -0.2) is 4.98 Å². The summed E-state index contributed by atoms with van der Waals surface area (Å²) in [7, 11) is 1.66. The molecule has 3 aromatic rings. The molecular formula is C16H18ClN5O. The highest BCUT2D eigenvalue weighted by Gasteiger charge is 2.15. The number of ether oxygens (including phenoxy) is 1. The Balaban J connectivity index is 2.13. The number of nitrogens with two attached hydrogens (primary N) is 1. The SMILES string of the molecule is COc1c(C)ncc(Cn2cc(C)c3c(Cl)nc(N)nc32)c1C. The number of aromatic nitrogens is 4. The number of nitrogens with zero attached hydrogens (tertiary/aromatic N) is 4. The number of halogens is 1. The molecule has 6 nitrogen and oxygen atoms in total. The minimum atomic E-state index is 0.165. The third kappa shape index (κ3) is 2.59. The number of pyridine rings is 1. The Bertz CT molecular complexity index is 903. The molecule has 0 aliphatic carbocycles. The van der Waals surface area contributed by atoms with Crippen LogP contribution in [0.2, 0.25) is 5.15 Å². The molecular weight excluding hydrogens is 314 g/mol. The van der Waals surface area contributed by atoms with Crippen LogP contribution >= 0.6 is 11.6 Å². The second-order valence-corrected chi connectivity index (χ2v) is 5.90. The Kier molecular flexibility index (Phi) is 3.85. The van der Waals surface area contributed by atoms with E-state index in [1.54, 1.807) is 7.11 Å². The first-order valence-corrected chi connectivity index (χ1v) is 7.57.